The van der Waals surface area contributed by atoms with Gasteiger partial charge in [0.05, 0.1) is 18.0 Å². The van der Waals surface area contributed by atoms with E-state index >= 15 is 0 Å². The number of rotatable bonds is 6. The van der Waals surface area contributed by atoms with Crippen molar-refractivity contribution in [2.24, 2.45) is 0 Å². The van der Waals surface area contributed by atoms with Crippen LogP contribution in [0.3, 0.4) is 0 Å². The Kier molecular flexibility index (Phi) is 6.14. The lowest BCUT2D eigenvalue weighted by molar-refractivity contribution is 0.211. The van der Waals surface area contributed by atoms with Gasteiger partial charge in [0.2, 0.25) is 10.8 Å². The van der Waals surface area contributed by atoms with E-state index in [2.05, 4.69) is 32.0 Å². The molecule has 1 saturated heterocycles. The zero-order valence-corrected chi connectivity index (χ0v) is 20.2. The number of fused-ring (bicyclic) bond motifs is 1. The van der Waals surface area contributed by atoms with Gasteiger partial charge in [-0.2, -0.15) is 4.52 Å². The molecule has 1 aliphatic heterocycles. The van der Waals surface area contributed by atoms with Gasteiger partial charge >= 0.3 is 0 Å². The number of nitrogens with zero attached hydrogens (tertiary/aromatic N) is 5. The summed E-state index contributed by atoms with van der Waals surface area (Å²) in [5.41, 5.74) is 2.28. The first-order valence-corrected chi connectivity index (χ1v) is 12.2. The van der Waals surface area contributed by atoms with E-state index in [0.717, 1.165) is 59.6 Å². The molecule has 9 heteroatoms. The van der Waals surface area contributed by atoms with Crippen LogP contribution in [0.2, 0.25) is 5.02 Å². The van der Waals surface area contributed by atoms with Gasteiger partial charge in [0.25, 0.3) is 0 Å². The number of aromatic hydroxyl groups is 1. The molecule has 0 unspecified atom stereocenters. The highest BCUT2D eigenvalue weighted by molar-refractivity contribution is 7.17. The Labute approximate surface area is 201 Å². The van der Waals surface area contributed by atoms with Crippen LogP contribution in [0, 0.1) is 0 Å². The van der Waals surface area contributed by atoms with Crippen LogP contribution < -0.4 is 9.64 Å². The van der Waals surface area contributed by atoms with Crippen molar-refractivity contribution < 1.29 is 9.84 Å². The number of hydrogen-bond acceptors (Lipinski definition) is 7. The van der Waals surface area contributed by atoms with Crippen molar-refractivity contribution in [3.05, 3.63) is 69.8 Å². The van der Waals surface area contributed by atoms with Crippen LogP contribution in [-0.2, 0) is 6.42 Å². The lowest BCUT2D eigenvalue weighted by Gasteiger charge is -2.40. The van der Waals surface area contributed by atoms with Crippen LogP contribution in [0.4, 0.5) is 5.69 Å². The molecular weight excluding hydrogens is 458 g/mol. The SMILES string of the molecule is CCc1nc2sc([C@@H](c3ccc(Cl)cc3)N3CCN(c4ccc(OC)cc4)CC3)c(O)n2n1. The van der Waals surface area contributed by atoms with Crippen LogP contribution in [0.15, 0.2) is 48.5 Å². The zero-order chi connectivity index (χ0) is 22.9. The van der Waals surface area contributed by atoms with Crippen LogP contribution in [-0.4, -0.2) is 57.9 Å². The first-order chi connectivity index (χ1) is 16.1. The van der Waals surface area contributed by atoms with Gasteiger partial charge in [0.1, 0.15) is 5.75 Å². The molecule has 1 fully saturated rings. The summed E-state index contributed by atoms with van der Waals surface area (Å²) in [6.07, 6.45) is 0.733. The summed E-state index contributed by atoms with van der Waals surface area (Å²) in [7, 11) is 1.68. The van der Waals surface area contributed by atoms with Gasteiger partial charge in [-0.05, 0) is 42.0 Å². The maximum atomic E-state index is 11.1. The second-order valence-corrected chi connectivity index (χ2v) is 9.49. The number of methoxy groups -OCH3 is 1. The fraction of sp³-hybridized carbons (Fsp3) is 0.333. The normalized spacial score (nSPS) is 15.8. The maximum Gasteiger partial charge on any atom is 0.230 e. The Morgan fingerprint density at radius 3 is 2.36 bits per heavy atom. The molecule has 2 aromatic carbocycles. The van der Waals surface area contributed by atoms with Crippen molar-refractivity contribution in [1.82, 2.24) is 19.5 Å². The van der Waals surface area contributed by atoms with E-state index in [0.29, 0.717) is 5.02 Å². The minimum absolute atomic E-state index is 0.0983. The van der Waals surface area contributed by atoms with Crippen LogP contribution in [0.5, 0.6) is 11.6 Å². The summed E-state index contributed by atoms with van der Waals surface area (Å²) >= 11 is 7.67. The number of ether oxygens (including phenoxy) is 1. The maximum absolute atomic E-state index is 11.1. The number of benzene rings is 2. The second-order valence-electron chi connectivity index (χ2n) is 8.04. The molecule has 0 saturated carbocycles. The predicted molar refractivity (Wildman–Crippen MR) is 132 cm³/mol. The van der Waals surface area contributed by atoms with Gasteiger partial charge in [-0.25, -0.2) is 4.98 Å². The van der Waals surface area contributed by atoms with E-state index in [-0.39, 0.29) is 11.9 Å². The number of thiazole rings is 1. The lowest BCUT2D eigenvalue weighted by Crippen LogP contribution is -2.47. The molecule has 4 aromatic rings. The third-order valence-corrected chi connectivity index (χ3v) is 7.44. The molecule has 0 amide bonds. The van der Waals surface area contributed by atoms with Crippen molar-refractivity contribution in [1.29, 1.82) is 0 Å². The van der Waals surface area contributed by atoms with Gasteiger partial charge < -0.3 is 14.7 Å². The van der Waals surface area contributed by atoms with E-state index < -0.39 is 0 Å². The molecule has 0 spiro atoms. The van der Waals surface area contributed by atoms with Crippen molar-refractivity contribution in [2.75, 3.05) is 38.2 Å². The van der Waals surface area contributed by atoms with Crippen LogP contribution in [0.25, 0.3) is 4.96 Å². The quantitative estimate of drug-likeness (QED) is 0.431. The molecule has 1 N–H and O–H groups in total. The minimum Gasteiger partial charge on any atom is -0.497 e. The van der Waals surface area contributed by atoms with Gasteiger partial charge in [-0.3, -0.25) is 4.90 Å². The van der Waals surface area contributed by atoms with Crippen LogP contribution in [0.1, 0.15) is 29.2 Å². The topological polar surface area (TPSA) is 66.1 Å². The summed E-state index contributed by atoms with van der Waals surface area (Å²) < 4.78 is 6.85. The fourth-order valence-electron chi connectivity index (χ4n) is 4.32. The van der Waals surface area contributed by atoms with E-state index in [1.165, 1.54) is 17.0 Å². The molecule has 0 bridgehead atoms. The average Bonchev–Trinajstić information content (AvgIpc) is 3.40. The minimum atomic E-state index is -0.0983. The number of piperazine rings is 1. The third kappa shape index (κ3) is 4.26. The summed E-state index contributed by atoms with van der Waals surface area (Å²) in [6, 6.07) is 16.0. The standard InChI is InChI=1S/C24H26ClN5O2S/c1-3-20-26-24-30(27-20)23(31)22(33-24)21(16-4-6-17(25)7-5-16)29-14-12-28(13-15-29)18-8-10-19(32-2)11-9-18/h4-11,21,31H,3,12-15H2,1-2H3/t21-/m1/s1. The summed E-state index contributed by atoms with van der Waals surface area (Å²) in [5.74, 6) is 1.76. The number of hydrogen-bond donors (Lipinski definition) is 1. The molecular formula is C24H26ClN5O2S. The van der Waals surface area contributed by atoms with E-state index in [1.807, 2.05) is 43.3 Å². The Bertz CT molecular complexity index is 1230. The first-order valence-electron chi connectivity index (χ1n) is 11.0. The summed E-state index contributed by atoms with van der Waals surface area (Å²) in [5, 5.41) is 16.2. The largest absolute Gasteiger partial charge is 0.497 e. The van der Waals surface area contributed by atoms with E-state index in [9.17, 15) is 5.11 Å². The second kappa shape index (κ2) is 9.21. The molecule has 2 aromatic heterocycles. The number of aryl methyl sites for hydroxylation is 1. The number of halogens is 1. The molecule has 7 nitrogen and oxygen atoms in total. The zero-order valence-electron chi connectivity index (χ0n) is 18.6. The molecule has 33 heavy (non-hydrogen) atoms. The average molecular weight is 484 g/mol. The number of anilines is 1. The van der Waals surface area contributed by atoms with Crippen molar-refractivity contribution in [3.63, 3.8) is 0 Å². The van der Waals surface area contributed by atoms with Crippen LogP contribution >= 0.6 is 22.9 Å². The Hall–Kier alpha value is -2.81. The summed E-state index contributed by atoms with van der Waals surface area (Å²) in [6.45, 7) is 5.49. The molecule has 1 atom stereocenters. The Morgan fingerprint density at radius 2 is 1.76 bits per heavy atom. The molecule has 172 valence electrons. The van der Waals surface area contributed by atoms with Gasteiger partial charge in [-0.1, -0.05) is 42.0 Å². The Balaban J connectivity index is 1.44. The summed E-state index contributed by atoms with van der Waals surface area (Å²) in [4.78, 5) is 10.9. The molecule has 0 radical (unpaired) electrons. The smallest absolute Gasteiger partial charge is 0.230 e. The highest BCUT2D eigenvalue weighted by Crippen LogP contribution is 2.40. The Morgan fingerprint density at radius 1 is 1.06 bits per heavy atom. The van der Waals surface area contributed by atoms with Crippen molar-refractivity contribution >= 4 is 33.6 Å². The fourth-order valence-corrected chi connectivity index (χ4v) is 5.59. The molecule has 3 heterocycles. The van der Waals surface area contributed by atoms with E-state index in [1.54, 1.807) is 11.6 Å². The van der Waals surface area contributed by atoms with Gasteiger partial charge in [0, 0.05) is 43.3 Å². The monoisotopic (exact) mass is 483 g/mol. The first kappa shape index (κ1) is 22.0. The molecule has 5 rings (SSSR count). The van der Waals surface area contributed by atoms with Crippen molar-refractivity contribution in [3.8, 4) is 11.6 Å². The van der Waals surface area contributed by atoms with Crippen molar-refractivity contribution in [2.45, 2.75) is 19.4 Å². The number of aromatic nitrogens is 3. The highest BCUT2D eigenvalue weighted by atomic mass is 35.5. The van der Waals surface area contributed by atoms with E-state index in [4.69, 9.17) is 16.3 Å². The molecule has 0 aliphatic carbocycles. The predicted octanol–water partition coefficient (Wildman–Crippen LogP) is 4.63. The van der Waals surface area contributed by atoms with Gasteiger partial charge in [0.15, 0.2) is 5.82 Å². The highest BCUT2D eigenvalue weighted by Gasteiger charge is 2.31. The van der Waals surface area contributed by atoms with Gasteiger partial charge in [-0.15, -0.1) is 5.10 Å². The lowest BCUT2D eigenvalue weighted by atomic mass is 10.0. The molecule has 1 aliphatic rings. The third-order valence-electron chi connectivity index (χ3n) is 6.11.